The number of carbonyl (C=O) groups is 2. The fourth-order valence-corrected chi connectivity index (χ4v) is 4.63. The van der Waals surface area contributed by atoms with Gasteiger partial charge >= 0.3 is 0 Å². The number of hydrogen-bond donors (Lipinski definition) is 1. The van der Waals surface area contributed by atoms with E-state index in [2.05, 4.69) is 0 Å². The Morgan fingerprint density at radius 2 is 1.50 bits per heavy atom. The van der Waals surface area contributed by atoms with Crippen molar-refractivity contribution in [2.24, 2.45) is 0 Å². The molecule has 1 atom stereocenters. The van der Waals surface area contributed by atoms with E-state index in [0.29, 0.717) is 40.5 Å². The third-order valence-electron chi connectivity index (χ3n) is 6.69. The second-order valence-electron chi connectivity index (χ2n) is 8.91. The van der Waals surface area contributed by atoms with Crippen LogP contribution in [-0.4, -0.2) is 56.7 Å². The fourth-order valence-electron chi connectivity index (χ4n) is 4.63. The second kappa shape index (κ2) is 11.3. The van der Waals surface area contributed by atoms with Crippen LogP contribution in [0.5, 0.6) is 23.0 Å². The van der Waals surface area contributed by atoms with Crippen LogP contribution in [0.2, 0.25) is 0 Å². The zero-order chi connectivity index (χ0) is 27.4. The van der Waals surface area contributed by atoms with Crippen molar-refractivity contribution < 1.29 is 33.6 Å². The quantitative estimate of drug-likeness (QED) is 0.250. The topological polar surface area (TPSA) is 94.5 Å². The van der Waals surface area contributed by atoms with Gasteiger partial charge in [0.25, 0.3) is 11.7 Å². The first-order valence-electron chi connectivity index (χ1n) is 12.1. The van der Waals surface area contributed by atoms with Gasteiger partial charge in [0.15, 0.2) is 11.5 Å². The molecular weight excluding hydrogens is 486 g/mol. The van der Waals surface area contributed by atoms with E-state index in [1.807, 2.05) is 31.2 Å². The van der Waals surface area contributed by atoms with Gasteiger partial charge in [0.1, 0.15) is 17.3 Å². The number of aryl methyl sites for hydroxylation is 1. The molecular formula is C30H31NO7. The highest BCUT2D eigenvalue weighted by atomic mass is 16.5. The molecule has 0 spiro atoms. The van der Waals surface area contributed by atoms with Crippen molar-refractivity contribution in [3.8, 4) is 23.0 Å². The Labute approximate surface area is 222 Å². The third kappa shape index (κ3) is 5.02. The molecule has 0 bridgehead atoms. The Hall–Kier alpha value is -4.46. The number of hydrogen-bond acceptors (Lipinski definition) is 7. The van der Waals surface area contributed by atoms with Gasteiger partial charge in [0, 0.05) is 23.7 Å². The number of aliphatic hydroxyl groups excluding tert-OH is 1. The van der Waals surface area contributed by atoms with E-state index < -0.39 is 17.7 Å². The number of ether oxygens (including phenoxy) is 4. The van der Waals surface area contributed by atoms with Crippen molar-refractivity contribution in [1.29, 1.82) is 0 Å². The number of carbonyl (C=O) groups excluding carboxylic acids is 2. The van der Waals surface area contributed by atoms with E-state index in [9.17, 15) is 14.7 Å². The molecule has 1 N–H and O–H groups in total. The molecule has 1 aliphatic rings. The van der Waals surface area contributed by atoms with Gasteiger partial charge in [0.05, 0.1) is 40.1 Å². The second-order valence-corrected chi connectivity index (χ2v) is 8.91. The van der Waals surface area contributed by atoms with E-state index in [1.54, 1.807) is 57.7 Å². The minimum absolute atomic E-state index is 0.00892. The Balaban J connectivity index is 1.80. The van der Waals surface area contributed by atoms with Crippen LogP contribution < -0.4 is 18.9 Å². The van der Waals surface area contributed by atoms with Crippen LogP contribution in [0.3, 0.4) is 0 Å². The number of likely N-dealkylation sites (tertiary alicyclic amines) is 1. The van der Waals surface area contributed by atoms with E-state index in [4.69, 9.17) is 18.9 Å². The summed E-state index contributed by atoms with van der Waals surface area (Å²) in [4.78, 5) is 28.2. The molecule has 0 aromatic heterocycles. The Morgan fingerprint density at radius 3 is 2.13 bits per heavy atom. The summed E-state index contributed by atoms with van der Waals surface area (Å²) in [5.74, 6) is 0.478. The number of aliphatic hydroxyl groups is 1. The first-order valence-corrected chi connectivity index (χ1v) is 12.1. The summed E-state index contributed by atoms with van der Waals surface area (Å²) in [6.45, 7) is 2.14. The molecule has 8 heteroatoms. The van der Waals surface area contributed by atoms with Gasteiger partial charge in [-0.05, 0) is 43.2 Å². The summed E-state index contributed by atoms with van der Waals surface area (Å²) < 4.78 is 21.7. The van der Waals surface area contributed by atoms with E-state index in [1.165, 1.54) is 12.0 Å². The summed E-state index contributed by atoms with van der Waals surface area (Å²) in [5.41, 5.74) is 2.92. The Kier molecular flexibility index (Phi) is 7.90. The van der Waals surface area contributed by atoms with Crippen LogP contribution in [0.4, 0.5) is 0 Å². The van der Waals surface area contributed by atoms with Gasteiger partial charge in [0.2, 0.25) is 0 Å². The predicted molar refractivity (Wildman–Crippen MR) is 143 cm³/mol. The lowest BCUT2D eigenvalue weighted by Crippen LogP contribution is -2.32. The molecule has 1 aliphatic heterocycles. The lowest BCUT2D eigenvalue weighted by molar-refractivity contribution is -0.139. The number of amides is 1. The van der Waals surface area contributed by atoms with Crippen molar-refractivity contribution in [1.82, 2.24) is 4.90 Å². The van der Waals surface area contributed by atoms with Gasteiger partial charge in [-0.1, -0.05) is 35.9 Å². The SMILES string of the molecule is COc1ccc(C2/C(=C(/O)c3ccc(C)cc3)C(=O)C(=O)N2CCc2ccc(OC)c(OC)c2)c(OC)c1. The van der Waals surface area contributed by atoms with E-state index in [-0.39, 0.29) is 17.9 Å². The monoisotopic (exact) mass is 517 g/mol. The number of Topliss-reactive ketones (excluding diaryl/α,β-unsaturated/α-hetero) is 1. The molecule has 1 saturated heterocycles. The summed E-state index contributed by atoms with van der Waals surface area (Å²) in [7, 11) is 6.17. The third-order valence-corrected chi connectivity index (χ3v) is 6.69. The molecule has 1 heterocycles. The molecule has 4 rings (SSSR count). The number of ketones is 1. The van der Waals surface area contributed by atoms with Gasteiger partial charge in [-0.25, -0.2) is 0 Å². The largest absolute Gasteiger partial charge is 0.507 e. The number of nitrogens with zero attached hydrogens (tertiary/aromatic N) is 1. The minimum Gasteiger partial charge on any atom is -0.507 e. The van der Waals surface area contributed by atoms with Gasteiger partial charge in [-0.2, -0.15) is 0 Å². The first-order chi connectivity index (χ1) is 18.3. The average molecular weight is 518 g/mol. The van der Waals surface area contributed by atoms with Crippen molar-refractivity contribution in [2.45, 2.75) is 19.4 Å². The van der Waals surface area contributed by atoms with Crippen LogP contribution >= 0.6 is 0 Å². The van der Waals surface area contributed by atoms with Crippen molar-refractivity contribution in [2.75, 3.05) is 35.0 Å². The molecule has 0 radical (unpaired) electrons. The molecule has 198 valence electrons. The maximum atomic E-state index is 13.4. The predicted octanol–water partition coefficient (Wildman–Crippen LogP) is 4.69. The molecule has 1 unspecified atom stereocenters. The highest BCUT2D eigenvalue weighted by molar-refractivity contribution is 6.46. The molecule has 8 nitrogen and oxygen atoms in total. The van der Waals surface area contributed by atoms with Crippen LogP contribution in [-0.2, 0) is 16.0 Å². The minimum atomic E-state index is -0.864. The molecule has 1 fully saturated rings. The fraction of sp³-hybridized carbons (Fsp3) is 0.267. The molecule has 1 amide bonds. The molecule has 3 aromatic carbocycles. The van der Waals surface area contributed by atoms with Crippen LogP contribution in [0, 0.1) is 6.92 Å². The van der Waals surface area contributed by atoms with E-state index in [0.717, 1.165) is 11.1 Å². The highest BCUT2D eigenvalue weighted by Crippen LogP contribution is 2.43. The zero-order valence-corrected chi connectivity index (χ0v) is 22.1. The smallest absolute Gasteiger partial charge is 0.295 e. The van der Waals surface area contributed by atoms with Crippen molar-refractivity contribution in [3.05, 3.63) is 88.5 Å². The van der Waals surface area contributed by atoms with Crippen LogP contribution in [0.25, 0.3) is 5.76 Å². The zero-order valence-electron chi connectivity index (χ0n) is 22.1. The van der Waals surface area contributed by atoms with Gasteiger partial charge < -0.3 is 29.0 Å². The van der Waals surface area contributed by atoms with Gasteiger partial charge in [-0.3, -0.25) is 9.59 Å². The highest BCUT2D eigenvalue weighted by Gasteiger charge is 2.47. The molecule has 38 heavy (non-hydrogen) atoms. The summed E-state index contributed by atoms with van der Waals surface area (Å²) in [6, 6.07) is 17.0. The normalized spacial score (nSPS) is 16.4. The Morgan fingerprint density at radius 1 is 0.816 bits per heavy atom. The van der Waals surface area contributed by atoms with Crippen LogP contribution in [0.1, 0.15) is 28.3 Å². The lowest BCUT2D eigenvalue weighted by atomic mass is 9.94. The maximum Gasteiger partial charge on any atom is 0.295 e. The van der Waals surface area contributed by atoms with Crippen LogP contribution in [0.15, 0.2) is 66.2 Å². The molecule has 3 aromatic rings. The average Bonchev–Trinajstić information content (AvgIpc) is 3.20. The summed E-state index contributed by atoms with van der Waals surface area (Å²) >= 11 is 0. The van der Waals surface area contributed by atoms with E-state index >= 15 is 0 Å². The lowest BCUT2D eigenvalue weighted by Gasteiger charge is -2.27. The number of methoxy groups -OCH3 is 4. The standard InChI is InChI=1S/C30H31NO7/c1-18-6-9-20(10-7-18)28(32)26-27(22-12-11-21(35-2)17-24(22)37-4)31(30(34)29(26)33)15-14-19-8-13-23(36-3)25(16-19)38-5/h6-13,16-17,27,32H,14-15H2,1-5H3/b28-26-. The van der Waals surface area contributed by atoms with Gasteiger partial charge in [-0.15, -0.1) is 0 Å². The van der Waals surface area contributed by atoms with Crippen molar-refractivity contribution >= 4 is 17.4 Å². The number of benzene rings is 3. The summed E-state index contributed by atoms with van der Waals surface area (Å²) in [5, 5.41) is 11.3. The number of rotatable bonds is 9. The molecule has 0 saturated carbocycles. The Bertz CT molecular complexity index is 1380. The first kappa shape index (κ1) is 26.6. The molecule has 0 aliphatic carbocycles. The maximum absolute atomic E-state index is 13.4. The van der Waals surface area contributed by atoms with Crippen molar-refractivity contribution in [3.63, 3.8) is 0 Å². The summed E-state index contributed by atoms with van der Waals surface area (Å²) in [6.07, 6.45) is 0.437.